The number of thiophene rings is 1. The highest BCUT2D eigenvalue weighted by atomic mass is 32.1. The molecule has 0 saturated carbocycles. The first-order chi connectivity index (χ1) is 8.16. The highest BCUT2D eigenvalue weighted by Gasteiger charge is 2.06. The van der Waals surface area contributed by atoms with Crippen molar-refractivity contribution in [2.75, 3.05) is 11.9 Å². The summed E-state index contributed by atoms with van der Waals surface area (Å²) in [6, 6.07) is 7.70. The monoisotopic (exact) mass is 246 g/mol. The molecule has 0 aromatic carbocycles. The van der Waals surface area contributed by atoms with E-state index in [1.165, 1.54) is 4.88 Å². The van der Waals surface area contributed by atoms with Gasteiger partial charge in [-0.05, 0) is 23.6 Å². The van der Waals surface area contributed by atoms with E-state index in [9.17, 15) is 0 Å². The molecule has 2 aromatic rings. The zero-order valence-corrected chi connectivity index (χ0v) is 10.4. The number of aromatic nitrogens is 1. The number of pyridine rings is 1. The third-order valence-electron chi connectivity index (χ3n) is 2.42. The Hall–Kier alpha value is -1.88. The fraction of sp³-hybridized carbons (Fsp3) is 0.167. The Balaban J connectivity index is 2.16. The minimum absolute atomic E-state index is 0.0678. The van der Waals surface area contributed by atoms with E-state index in [0.717, 1.165) is 12.4 Å². The molecule has 0 aliphatic heterocycles. The first-order valence-electron chi connectivity index (χ1n) is 5.21. The highest BCUT2D eigenvalue weighted by Crippen LogP contribution is 2.16. The van der Waals surface area contributed by atoms with Crippen LogP contribution >= 0.6 is 11.3 Å². The smallest absolute Gasteiger partial charge is 0.129 e. The Bertz CT molecular complexity index is 507. The first kappa shape index (κ1) is 11.6. The molecule has 0 fully saturated rings. The molecule has 88 valence electrons. The molecule has 2 heterocycles. The summed E-state index contributed by atoms with van der Waals surface area (Å²) in [5.41, 5.74) is 6.16. The summed E-state index contributed by atoms with van der Waals surface area (Å²) in [4.78, 5) is 7.60. The van der Waals surface area contributed by atoms with Crippen LogP contribution in [0.5, 0.6) is 0 Å². The van der Waals surface area contributed by atoms with Gasteiger partial charge in [0.15, 0.2) is 0 Å². The Labute approximate surface area is 104 Å². The van der Waals surface area contributed by atoms with Gasteiger partial charge in [0.2, 0.25) is 0 Å². The summed E-state index contributed by atoms with van der Waals surface area (Å²) in [6.07, 6.45) is 1.68. The molecule has 2 rings (SSSR count). The van der Waals surface area contributed by atoms with Crippen LogP contribution in [0.1, 0.15) is 10.4 Å². The van der Waals surface area contributed by atoms with Crippen LogP contribution in [0.4, 0.5) is 5.82 Å². The number of nitrogen functional groups attached to an aromatic ring is 1. The normalized spacial score (nSPS) is 10.2. The predicted octanol–water partition coefficient (Wildman–Crippen LogP) is 2.06. The number of hydrogen-bond donors (Lipinski definition) is 2. The summed E-state index contributed by atoms with van der Waals surface area (Å²) in [7, 11) is 1.98. The molecule has 3 N–H and O–H groups in total. The quantitative estimate of drug-likeness (QED) is 0.641. The summed E-state index contributed by atoms with van der Waals surface area (Å²) >= 11 is 1.72. The van der Waals surface area contributed by atoms with Crippen LogP contribution in [0.2, 0.25) is 0 Å². The molecule has 0 unspecified atom stereocenters. The third-order valence-corrected chi connectivity index (χ3v) is 3.28. The fourth-order valence-corrected chi connectivity index (χ4v) is 2.27. The lowest BCUT2D eigenvalue weighted by Crippen LogP contribution is -2.18. The molecule has 0 radical (unpaired) electrons. The largest absolute Gasteiger partial charge is 0.384 e. The van der Waals surface area contributed by atoms with Crippen molar-refractivity contribution in [1.82, 2.24) is 4.98 Å². The van der Waals surface area contributed by atoms with E-state index in [1.54, 1.807) is 23.6 Å². The maximum absolute atomic E-state index is 7.40. The maximum Gasteiger partial charge on any atom is 0.129 e. The van der Waals surface area contributed by atoms with Crippen LogP contribution in [-0.4, -0.2) is 17.9 Å². The zero-order chi connectivity index (χ0) is 12.3. The second-order valence-corrected chi connectivity index (χ2v) is 4.78. The van der Waals surface area contributed by atoms with Gasteiger partial charge in [0.05, 0.1) is 6.54 Å². The number of hydrogen-bond acceptors (Lipinski definition) is 4. The van der Waals surface area contributed by atoms with Crippen LogP contribution in [0.3, 0.4) is 0 Å². The van der Waals surface area contributed by atoms with Crippen molar-refractivity contribution in [3.05, 3.63) is 46.3 Å². The number of nitrogens with two attached hydrogens (primary N) is 1. The van der Waals surface area contributed by atoms with Crippen LogP contribution < -0.4 is 10.6 Å². The molecular weight excluding hydrogens is 232 g/mol. The molecule has 4 nitrogen and oxygen atoms in total. The van der Waals surface area contributed by atoms with E-state index in [1.807, 2.05) is 24.1 Å². The SMILES string of the molecule is CN(Cc1cccs1)c1cc(C(=N)N)ccn1. The van der Waals surface area contributed by atoms with E-state index in [-0.39, 0.29) is 5.84 Å². The van der Waals surface area contributed by atoms with Crippen molar-refractivity contribution in [2.24, 2.45) is 5.73 Å². The Morgan fingerprint density at radius 3 is 3.00 bits per heavy atom. The minimum atomic E-state index is 0.0678. The second kappa shape index (κ2) is 4.97. The van der Waals surface area contributed by atoms with E-state index >= 15 is 0 Å². The average molecular weight is 246 g/mol. The van der Waals surface area contributed by atoms with Crippen molar-refractivity contribution in [1.29, 1.82) is 5.41 Å². The predicted molar refractivity (Wildman–Crippen MR) is 71.7 cm³/mol. The van der Waals surface area contributed by atoms with Gasteiger partial charge in [-0.15, -0.1) is 11.3 Å². The number of rotatable bonds is 4. The molecule has 5 heteroatoms. The Morgan fingerprint density at radius 2 is 2.35 bits per heavy atom. The van der Waals surface area contributed by atoms with Crippen LogP contribution in [0.25, 0.3) is 0 Å². The van der Waals surface area contributed by atoms with Gasteiger partial charge in [0.1, 0.15) is 11.7 Å². The summed E-state index contributed by atoms with van der Waals surface area (Å²) in [6.45, 7) is 0.812. The number of nitrogens with zero attached hydrogens (tertiary/aromatic N) is 2. The molecule has 0 saturated heterocycles. The van der Waals surface area contributed by atoms with Crippen LogP contribution in [0, 0.1) is 5.41 Å². The highest BCUT2D eigenvalue weighted by molar-refractivity contribution is 7.09. The standard InChI is InChI=1S/C12H14N4S/c1-16(8-10-3-2-6-17-10)11-7-9(12(13)14)4-5-15-11/h2-7H,8H2,1H3,(H3,13,14). The number of anilines is 1. The summed E-state index contributed by atoms with van der Waals surface area (Å²) < 4.78 is 0. The topological polar surface area (TPSA) is 66.0 Å². The molecule has 0 spiro atoms. The van der Waals surface area contributed by atoms with Gasteiger partial charge in [0, 0.05) is 23.7 Å². The second-order valence-electron chi connectivity index (χ2n) is 3.75. The fourth-order valence-electron chi connectivity index (χ4n) is 1.51. The van der Waals surface area contributed by atoms with E-state index in [2.05, 4.69) is 16.4 Å². The van der Waals surface area contributed by atoms with Crippen molar-refractivity contribution in [2.45, 2.75) is 6.54 Å². The van der Waals surface area contributed by atoms with Crippen molar-refractivity contribution < 1.29 is 0 Å². The van der Waals surface area contributed by atoms with Gasteiger partial charge >= 0.3 is 0 Å². The van der Waals surface area contributed by atoms with E-state index in [4.69, 9.17) is 11.1 Å². The van der Waals surface area contributed by atoms with E-state index < -0.39 is 0 Å². The van der Waals surface area contributed by atoms with Crippen molar-refractivity contribution in [3.8, 4) is 0 Å². The lowest BCUT2D eigenvalue weighted by molar-refractivity contribution is 0.912. The van der Waals surface area contributed by atoms with Crippen molar-refractivity contribution in [3.63, 3.8) is 0 Å². The average Bonchev–Trinajstić information content (AvgIpc) is 2.82. The van der Waals surface area contributed by atoms with Gasteiger partial charge in [-0.1, -0.05) is 6.07 Å². The summed E-state index contributed by atoms with van der Waals surface area (Å²) in [5, 5.41) is 9.46. The third kappa shape index (κ3) is 2.82. The van der Waals surface area contributed by atoms with E-state index in [0.29, 0.717) is 5.56 Å². The molecular formula is C12H14N4S. The molecule has 0 bridgehead atoms. The zero-order valence-electron chi connectivity index (χ0n) is 9.55. The van der Waals surface area contributed by atoms with Crippen molar-refractivity contribution >= 4 is 23.0 Å². The molecule has 17 heavy (non-hydrogen) atoms. The molecule has 2 aromatic heterocycles. The molecule has 0 amide bonds. The van der Waals surface area contributed by atoms with Gasteiger partial charge in [-0.25, -0.2) is 4.98 Å². The number of nitrogens with one attached hydrogen (secondary N) is 1. The summed E-state index contributed by atoms with van der Waals surface area (Å²) in [5.74, 6) is 0.893. The Kier molecular flexibility index (Phi) is 3.39. The molecule has 0 aliphatic carbocycles. The van der Waals surface area contributed by atoms with Crippen LogP contribution in [0.15, 0.2) is 35.8 Å². The lowest BCUT2D eigenvalue weighted by Gasteiger charge is -2.17. The van der Waals surface area contributed by atoms with Gasteiger partial charge in [0.25, 0.3) is 0 Å². The molecule has 0 atom stereocenters. The number of amidine groups is 1. The minimum Gasteiger partial charge on any atom is -0.384 e. The maximum atomic E-state index is 7.40. The molecule has 0 aliphatic rings. The van der Waals surface area contributed by atoms with Gasteiger partial charge < -0.3 is 10.6 Å². The lowest BCUT2D eigenvalue weighted by atomic mass is 10.2. The first-order valence-corrected chi connectivity index (χ1v) is 6.09. The van der Waals surface area contributed by atoms with Gasteiger partial charge in [-0.3, -0.25) is 5.41 Å². The Morgan fingerprint density at radius 1 is 1.53 bits per heavy atom. The van der Waals surface area contributed by atoms with Gasteiger partial charge in [-0.2, -0.15) is 0 Å². The van der Waals surface area contributed by atoms with Crippen LogP contribution in [-0.2, 0) is 6.54 Å².